The molecule has 0 radical (unpaired) electrons. The topological polar surface area (TPSA) is 21.3 Å². The zero-order chi connectivity index (χ0) is 11.3. The lowest BCUT2D eigenvalue weighted by atomic mass is 10.2. The Labute approximate surface area is 103 Å². The van der Waals surface area contributed by atoms with E-state index in [2.05, 4.69) is 27.8 Å². The molecule has 4 heteroatoms. The van der Waals surface area contributed by atoms with E-state index in [4.69, 9.17) is 16.3 Å². The van der Waals surface area contributed by atoms with Crippen LogP contribution < -0.4 is 10.1 Å². The van der Waals surface area contributed by atoms with Gasteiger partial charge in [0.05, 0.1) is 7.11 Å². The van der Waals surface area contributed by atoms with Gasteiger partial charge in [-0.2, -0.15) is 0 Å². The van der Waals surface area contributed by atoms with Crippen molar-refractivity contribution in [3.05, 3.63) is 39.8 Å². The molecule has 0 atom stereocenters. The van der Waals surface area contributed by atoms with Crippen LogP contribution in [0.1, 0.15) is 5.56 Å². The highest BCUT2D eigenvalue weighted by Gasteiger charge is 2.01. The predicted molar refractivity (Wildman–Crippen MR) is 67.4 cm³/mol. The fraction of sp³-hybridized carbons (Fsp3) is 0.273. The summed E-state index contributed by atoms with van der Waals surface area (Å²) in [4.78, 5) is 0. The summed E-state index contributed by atoms with van der Waals surface area (Å²) in [6.07, 6.45) is 0. The third kappa shape index (κ3) is 4.24. The van der Waals surface area contributed by atoms with E-state index in [0.29, 0.717) is 11.6 Å². The summed E-state index contributed by atoms with van der Waals surface area (Å²) in [6.45, 7) is 4.94. The Morgan fingerprint density at radius 3 is 2.93 bits per heavy atom. The monoisotopic (exact) mass is 289 g/mol. The summed E-state index contributed by atoms with van der Waals surface area (Å²) >= 11 is 9.12. The Morgan fingerprint density at radius 1 is 1.60 bits per heavy atom. The Morgan fingerprint density at radius 2 is 2.33 bits per heavy atom. The van der Waals surface area contributed by atoms with Crippen LogP contribution in [0.4, 0.5) is 0 Å². The van der Waals surface area contributed by atoms with E-state index in [-0.39, 0.29) is 0 Å². The van der Waals surface area contributed by atoms with Crippen molar-refractivity contribution in [3.63, 3.8) is 0 Å². The van der Waals surface area contributed by atoms with Gasteiger partial charge in [0, 0.05) is 22.6 Å². The molecule has 0 saturated carbocycles. The molecule has 1 N–H and O–H groups in total. The van der Waals surface area contributed by atoms with Crippen molar-refractivity contribution >= 4 is 27.5 Å². The standard InChI is InChI=1S/C11H13BrClNO/c1-8(13)6-14-7-9-5-10(15-2)3-4-11(9)12/h3-5,14H,1,6-7H2,2H3. The van der Waals surface area contributed by atoms with Crippen LogP contribution in [0.2, 0.25) is 0 Å². The lowest BCUT2D eigenvalue weighted by Crippen LogP contribution is -2.14. The Balaban J connectivity index is 2.62. The predicted octanol–water partition coefficient (Wildman–Crippen LogP) is 3.30. The van der Waals surface area contributed by atoms with Gasteiger partial charge in [-0.05, 0) is 23.8 Å². The van der Waals surface area contributed by atoms with Gasteiger partial charge in [-0.3, -0.25) is 0 Å². The smallest absolute Gasteiger partial charge is 0.119 e. The van der Waals surface area contributed by atoms with E-state index < -0.39 is 0 Å². The number of halogens is 2. The number of methoxy groups -OCH3 is 1. The van der Waals surface area contributed by atoms with Crippen LogP contribution in [0.15, 0.2) is 34.3 Å². The first kappa shape index (κ1) is 12.6. The van der Waals surface area contributed by atoms with Gasteiger partial charge in [-0.1, -0.05) is 34.1 Å². The Bertz CT molecular complexity index is 354. The van der Waals surface area contributed by atoms with E-state index in [1.54, 1.807) is 7.11 Å². The molecule has 0 aliphatic heterocycles. The van der Waals surface area contributed by atoms with Crippen molar-refractivity contribution in [2.24, 2.45) is 0 Å². The summed E-state index contributed by atoms with van der Waals surface area (Å²) in [5.41, 5.74) is 1.13. The zero-order valence-electron chi connectivity index (χ0n) is 8.52. The van der Waals surface area contributed by atoms with Gasteiger partial charge in [0.25, 0.3) is 0 Å². The normalized spacial score (nSPS) is 10.1. The molecule has 0 spiro atoms. The minimum Gasteiger partial charge on any atom is -0.497 e. The maximum atomic E-state index is 5.65. The van der Waals surface area contributed by atoms with Crippen molar-refractivity contribution < 1.29 is 4.74 Å². The highest BCUT2D eigenvalue weighted by atomic mass is 79.9. The molecule has 1 rings (SSSR count). The highest BCUT2D eigenvalue weighted by Crippen LogP contribution is 2.22. The molecule has 0 heterocycles. The van der Waals surface area contributed by atoms with E-state index >= 15 is 0 Å². The van der Waals surface area contributed by atoms with E-state index in [0.717, 1.165) is 22.3 Å². The van der Waals surface area contributed by atoms with Gasteiger partial charge in [-0.15, -0.1) is 0 Å². The first-order chi connectivity index (χ1) is 7.13. The molecule has 0 aromatic heterocycles. The first-order valence-corrected chi connectivity index (χ1v) is 5.67. The maximum absolute atomic E-state index is 5.65. The fourth-order valence-electron chi connectivity index (χ4n) is 1.15. The third-order valence-electron chi connectivity index (χ3n) is 1.89. The van der Waals surface area contributed by atoms with Crippen LogP contribution in [-0.2, 0) is 6.54 Å². The Hall–Kier alpha value is -0.510. The molecule has 1 aromatic carbocycles. The summed E-state index contributed by atoms with van der Waals surface area (Å²) in [7, 11) is 1.65. The van der Waals surface area contributed by atoms with Gasteiger partial charge < -0.3 is 10.1 Å². The second-order valence-corrected chi connectivity index (χ2v) is 4.47. The quantitative estimate of drug-likeness (QED) is 0.898. The van der Waals surface area contributed by atoms with Gasteiger partial charge >= 0.3 is 0 Å². The summed E-state index contributed by atoms with van der Waals surface area (Å²) in [6, 6.07) is 5.85. The van der Waals surface area contributed by atoms with E-state index in [1.807, 2.05) is 18.2 Å². The zero-order valence-corrected chi connectivity index (χ0v) is 10.9. The van der Waals surface area contributed by atoms with Crippen molar-refractivity contribution in [2.75, 3.05) is 13.7 Å². The number of ether oxygens (including phenoxy) is 1. The van der Waals surface area contributed by atoms with Crippen LogP contribution in [0, 0.1) is 0 Å². The second kappa shape index (κ2) is 6.16. The molecule has 0 aliphatic carbocycles. The maximum Gasteiger partial charge on any atom is 0.119 e. The van der Waals surface area contributed by atoms with Gasteiger partial charge in [0.2, 0.25) is 0 Å². The molecule has 2 nitrogen and oxygen atoms in total. The molecule has 1 aromatic rings. The molecular weight excluding hydrogens is 277 g/mol. The van der Waals surface area contributed by atoms with Crippen molar-refractivity contribution in [3.8, 4) is 5.75 Å². The van der Waals surface area contributed by atoms with Crippen molar-refractivity contribution in [2.45, 2.75) is 6.54 Å². The van der Waals surface area contributed by atoms with Crippen LogP contribution in [0.3, 0.4) is 0 Å². The lowest BCUT2D eigenvalue weighted by molar-refractivity contribution is 0.414. The molecule has 0 amide bonds. The number of hydrogen-bond acceptors (Lipinski definition) is 2. The second-order valence-electron chi connectivity index (χ2n) is 3.08. The van der Waals surface area contributed by atoms with E-state index in [9.17, 15) is 0 Å². The van der Waals surface area contributed by atoms with Crippen molar-refractivity contribution in [1.29, 1.82) is 0 Å². The minimum atomic E-state index is 0.602. The van der Waals surface area contributed by atoms with E-state index in [1.165, 1.54) is 0 Å². The van der Waals surface area contributed by atoms with Crippen molar-refractivity contribution in [1.82, 2.24) is 5.32 Å². The largest absolute Gasteiger partial charge is 0.497 e. The first-order valence-electron chi connectivity index (χ1n) is 4.50. The minimum absolute atomic E-state index is 0.602. The molecule has 0 aliphatic rings. The average molecular weight is 291 g/mol. The molecule has 0 unspecified atom stereocenters. The number of benzene rings is 1. The molecule has 15 heavy (non-hydrogen) atoms. The molecular formula is C11H13BrClNO. The SMILES string of the molecule is C=C(Cl)CNCc1cc(OC)ccc1Br. The number of hydrogen-bond donors (Lipinski definition) is 1. The van der Waals surface area contributed by atoms with Crippen LogP contribution in [0.25, 0.3) is 0 Å². The number of rotatable bonds is 5. The van der Waals surface area contributed by atoms with Gasteiger partial charge in [-0.25, -0.2) is 0 Å². The average Bonchev–Trinajstić information content (AvgIpc) is 2.20. The molecule has 0 bridgehead atoms. The van der Waals surface area contributed by atoms with Crippen LogP contribution >= 0.6 is 27.5 Å². The third-order valence-corrected chi connectivity index (χ3v) is 2.79. The van der Waals surface area contributed by atoms with Gasteiger partial charge in [0.15, 0.2) is 0 Å². The van der Waals surface area contributed by atoms with Crippen LogP contribution in [-0.4, -0.2) is 13.7 Å². The summed E-state index contributed by atoms with van der Waals surface area (Å²) < 4.78 is 6.20. The molecule has 82 valence electrons. The van der Waals surface area contributed by atoms with Gasteiger partial charge in [0.1, 0.15) is 5.75 Å². The molecule has 0 fully saturated rings. The van der Waals surface area contributed by atoms with Crippen LogP contribution in [0.5, 0.6) is 5.75 Å². The highest BCUT2D eigenvalue weighted by molar-refractivity contribution is 9.10. The molecule has 0 saturated heterocycles. The lowest BCUT2D eigenvalue weighted by Gasteiger charge is -2.08. The summed E-state index contributed by atoms with van der Waals surface area (Å²) in [5, 5.41) is 3.78. The fourth-order valence-corrected chi connectivity index (χ4v) is 1.63. The summed E-state index contributed by atoms with van der Waals surface area (Å²) in [5.74, 6) is 0.847. The number of nitrogens with one attached hydrogen (secondary N) is 1. The Kier molecular flexibility index (Phi) is 5.15.